The first-order valence-corrected chi connectivity index (χ1v) is 11.5. The quantitative estimate of drug-likeness (QED) is 0.366. The summed E-state index contributed by atoms with van der Waals surface area (Å²) in [5.74, 6) is -1.11. The van der Waals surface area contributed by atoms with Crippen molar-refractivity contribution in [3.63, 3.8) is 0 Å². The summed E-state index contributed by atoms with van der Waals surface area (Å²) in [6.07, 6.45) is 1.17. The molecule has 0 radical (unpaired) electrons. The molecule has 1 heterocycles. The number of benzene rings is 2. The lowest BCUT2D eigenvalue weighted by molar-refractivity contribution is -0.136. The van der Waals surface area contributed by atoms with E-state index < -0.39 is 23.9 Å². The van der Waals surface area contributed by atoms with E-state index in [1.807, 2.05) is 30.3 Å². The van der Waals surface area contributed by atoms with Crippen LogP contribution >= 0.6 is 0 Å². The van der Waals surface area contributed by atoms with Crippen LogP contribution in [-0.4, -0.2) is 66.6 Å². The molecule has 0 bridgehead atoms. The molecule has 2 aromatic rings. The van der Waals surface area contributed by atoms with Crippen molar-refractivity contribution < 1.29 is 19.2 Å². The number of nitrogens with one attached hydrogen (secondary N) is 4. The van der Waals surface area contributed by atoms with Gasteiger partial charge in [-0.1, -0.05) is 49.0 Å². The number of amides is 4. The molecule has 0 aliphatic carbocycles. The number of amidine groups is 1. The number of rotatable bonds is 10. The molecule has 2 aromatic carbocycles. The van der Waals surface area contributed by atoms with Crippen molar-refractivity contribution in [2.45, 2.75) is 25.6 Å². The number of anilines is 1. The molecule has 0 spiro atoms. The highest BCUT2D eigenvalue weighted by Gasteiger charge is 2.35. The summed E-state index contributed by atoms with van der Waals surface area (Å²) < 4.78 is 0. The Labute approximate surface area is 209 Å². The van der Waals surface area contributed by atoms with Gasteiger partial charge in [0.05, 0.1) is 12.6 Å². The van der Waals surface area contributed by atoms with Gasteiger partial charge in [-0.25, -0.2) is 0 Å². The van der Waals surface area contributed by atoms with Crippen LogP contribution in [0.5, 0.6) is 0 Å². The van der Waals surface area contributed by atoms with Gasteiger partial charge < -0.3 is 21.3 Å². The topological polar surface area (TPSA) is 132 Å². The molecule has 10 heteroatoms. The van der Waals surface area contributed by atoms with Crippen LogP contribution in [0, 0.1) is 0 Å². The fourth-order valence-corrected chi connectivity index (χ4v) is 3.51. The second-order valence-corrected chi connectivity index (χ2v) is 8.20. The molecule has 2 atom stereocenters. The first kappa shape index (κ1) is 26.3. The Morgan fingerprint density at radius 1 is 1.17 bits per heavy atom. The predicted molar refractivity (Wildman–Crippen MR) is 137 cm³/mol. The largest absolute Gasteiger partial charge is 0.350 e. The Kier molecular flexibility index (Phi) is 9.07. The Morgan fingerprint density at radius 2 is 1.92 bits per heavy atom. The molecule has 0 saturated carbocycles. The molecule has 0 aromatic heterocycles. The number of aliphatic imine (C=N–C) groups is 1. The van der Waals surface area contributed by atoms with E-state index in [9.17, 15) is 19.2 Å². The smallest absolute Gasteiger partial charge is 0.253 e. The molecular formula is C26H30N6O4. The van der Waals surface area contributed by atoms with E-state index in [0.717, 1.165) is 5.56 Å². The fraction of sp³-hybridized carbons (Fsp3) is 0.269. The van der Waals surface area contributed by atoms with Crippen molar-refractivity contribution in [2.75, 3.05) is 25.5 Å². The summed E-state index contributed by atoms with van der Waals surface area (Å²) in [4.78, 5) is 55.9. The van der Waals surface area contributed by atoms with E-state index >= 15 is 0 Å². The third-order valence-corrected chi connectivity index (χ3v) is 5.59. The predicted octanol–water partition coefficient (Wildman–Crippen LogP) is 0.809. The average Bonchev–Trinajstić information content (AvgIpc) is 2.89. The van der Waals surface area contributed by atoms with Crippen LogP contribution in [0.2, 0.25) is 0 Å². The molecule has 10 nitrogen and oxygen atoms in total. The molecule has 4 N–H and O–H groups in total. The average molecular weight is 491 g/mol. The van der Waals surface area contributed by atoms with E-state index in [1.165, 1.54) is 11.0 Å². The zero-order valence-electron chi connectivity index (χ0n) is 20.3. The van der Waals surface area contributed by atoms with Crippen LogP contribution in [0.3, 0.4) is 0 Å². The Bertz CT molecular complexity index is 1160. The number of hydrogen-bond donors (Lipinski definition) is 4. The van der Waals surface area contributed by atoms with Gasteiger partial charge in [0.2, 0.25) is 17.7 Å². The minimum Gasteiger partial charge on any atom is -0.350 e. The van der Waals surface area contributed by atoms with Gasteiger partial charge in [0.1, 0.15) is 18.4 Å². The van der Waals surface area contributed by atoms with Crippen LogP contribution in [0.4, 0.5) is 5.69 Å². The molecule has 36 heavy (non-hydrogen) atoms. The zero-order valence-corrected chi connectivity index (χ0v) is 20.3. The Hall–Kier alpha value is -4.31. The van der Waals surface area contributed by atoms with E-state index in [1.54, 1.807) is 38.2 Å². The Morgan fingerprint density at radius 3 is 2.61 bits per heavy atom. The number of nitrogens with zero attached hydrogens (tertiary/aromatic N) is 2. The third kappa shape index (κ3) is 6.86. The summed E-state index contributed by atoms with van der Waals surface area (Å²) in [6.45, 7) is 5.11. The van der Waals surface area contributed by atoms with Crippen LogP contribution in [0.1, 0.15) is 18.1 Å². The van der Waals surface area contributed by atoms with E-state index in [2.05, 4.69) is 32.8 Å². The van der Waals surface area contributed by atoms with Gasteiger partial charge in [0.15, 0.2) is 0 Å². The van der Waals surface area contributed by atoms with Crippen LogP contribution in [0.15, 0.2) is 72.2 Å². The van der Waals surface area contributed by atoms with Crippen molar-refractivity contribution >= 4 is 35.2 Å². The van der Waals surface area contributed by atoms with Crippen LogP contribution in [-0.2, 0) is 25.7 Å². The monoisotopic (exact) mass is 490 g/mol. The maximum Gasteiger partial charge on any atom is 0.253 e. The number of carbonyl (C=O) groups is 4. The first-order chi connectivity index (χ1) is 17.3. The van der Waals surface area contributed by atoms with Gasteiger partial charge in [-0.3, -0.25) is 29.1 Å². The standard InChI is InChI=1S/C26H30N6O4/c1-4-22(33)30-20-12-8-9-18(13-20)14-28-23(34)16-32-24(19-10-6-5-7-11-19)29-15-21(26(32)36)31-25(35)17(2)27-3/h4-13,17,21,27H,1,14-16H2,2-3H3,(H,28,34)(H,30,33)(H,31,35)/t17-,21?/m0/s1. The Balaban J connectivity index is 1.72. The summed E-state index contributed by atoms with van der Waals surface area (Å²) >= 11 is 0. The maximum atomic E-state index is 13.3. The summed E-state index contributed by atoms with van der Waals surface area (Å²) in [5, 5.41) is 11.0. The highest BCUT2D eigenvalue weighted by Crippen LogP contribution is 2.14. The van der Waals surface area contributed by atoms with Gasteiger partial charge in [0.25, 0.3) is 5.91 Å². The molecule has 0 fully saturated rings. The van der Waals surface area contributed by atoms with Crippen molar-refractivity contribution in [1.82, 2.24) is 20.9 Å². The van der Waals surface area contributed by atoms with Gasteiger partial charge in [-0.2, -0.15) is 0 Å². The maximum absolute atomic E-state index is 13.3. The van der Waals surface area contributed by atoms with E-state index in [4.69, 9.17) is 0 Å². The van der Waals surface area contributed by atoms with Crippen molar-refractivity contribution in [3.05, 3.63) is 78.4 Å². The van der Waals surface area contributed by atoms with Crippen molar-refractivity contribution in [3.8, 4) is 0 Å². The van der Waals surface area contributed by atoms with Crippen LogP contribution < -0.4 is 21.3 Å². The zero-order chi connectivity index (χ0) is 26.1. The van der Waals surface area contributed by atoms with Crippen molar-refractivity contribution in [1.29, 1.82) is 0 Å². The van der Waals surface area contributed by atoms with Gasteiger partial charge in [-0.15, -0.1) is 0 Å². The third-order valence-electron chi connectivity index (χ3n) is 5.59. The second-order valence-electron chi connectivity index (χ2n) is 8.20. The molecule has 1 aliphatic rings. The summed E-state index contributed by atoms with van der Waals surface area (Å²) in [5.41, 5.74) is 2.03. The van der Waals surface area contributed by atoms with Gasteiger partial charge >= 0.3 is 0 Å². The first-order valence-electron chi connectivity index (χ1n) is 11.5. The lowest BCUT2D eigenvalue weighted by Gasteiger charge is -2.32. The summed E-state index contributed by atoms with van der Waals surface area (Å²) in [6, 6.07) is 14.8. The van der Waals surface area contributed by atoms with E-state index in [-0.39, 0.29) is 31.4 Å². The number of likely N-dealkylation sites (N-methyl/N-ethyl adjacent to an activating group) is 1. The fourth-order valence-electron chi connectivity index (χ4n) is 3.51. The van der Waals surface area contributed by atoms with Crippen LogP contribution in [0.25, 0.3) is 0 Å². The molecule has 1 unspecified atom stereocenters. The molecule has 3 rings (SSSR count). The highest BCUT2D eigenvalue weighted by molar-refractivity contribution is 6.12. The minimum atomic E-state index is -0.876. The van der Waals surface area contributed by atoms with Gasteiger partial charge in [0, 0.05) is 17.8 Å². The molecule has 0 saturated heterocycles. The molecule has 188 valence electrons. The SMILES string of the molecule is C=CC(=O)Nc1cccc(CNC(=O)CN2C(=O)C(NC(=O)[C@H](C)NC)CN=C2c2ccccc2)c1. The minimum absolute atomic E-state index is 0.0760. The summed E-state index contributed by atoms with van der Waals surface area (Å²) in [7, 11) is 1.65. The highest BCUT2D eigenvalue weighted by atomic mass is 16.2. The molecular weight excluding hydrogens is 460 g/mol. The van der Waals surface area contributed by atoms with E-state index in [0.29, 0.717) is 17.1 Å². The number of hydrogen-bond acceptors (Lipinski definition) is 6. The molecule has 1 aliphatic heterocycles. The van der Waals surface area contributed by atoms with Gasteiger partial charge in [-0.05, 0) is 37.7 Å². The van der Waals surface area contributed by atoms with Crippen molar-refractivity contribution in [2.24, 2.45) is 4.99 Å². The number of carbonyl (C=O) groups excluding carboxylic acids is 4. The second kappa shape index (κ2) is 12.4. The normalized spacial score (nSPS) is 15.9. The lowest BCUT2D eigenvalue weighted by Crippen LogP contribution is -2.59. The lowest BCUT2D eigenvalue weighted by atomic mass is 10.1. The molecule has 4 amide bonds.